The fourth-order valence-corrected chi connectivity index (χ4v) is 1.92. The largest absolute Gasteiger partial charge is 0.277 e. The van der Waals surface area contributed by atoms with Crippen molar-refractivity contribution in [3.05, 3.63) is 86.5 Å². The molecule has 0 radical (unpaired) electrons. The molecule has 6 heteroatoms. The van der Waals surface area contributed by atoms with Gasteiger partial charge in [-0.05, 0) is 17.7 Å². The molecule has 20 heavy (non-hydrogen) atoms. The average molecular weight is 270 g/mol. The maximum absolute atomic E-state index is 11.0. The molecule has 0 spiro atoms. The van der Waals surface area contributed by atoms with Gasteiger partial charge in [-0.1, -0.05) is 30.8 Å². The third kappa shape index (κ3) is 2.39. The van der Waals surface area contributed by atoms with Gasteiger partial charge in [0.2, 0.25) is 0 Å². The molecule has 2 rings (SSSR count). The van der Waals surface area contributed by atoms with Crippen LogP contribution < -0.4 is 0 Å². The molecule has 0 fully saturated rings. The Morgan fingerprint density at radius 2 is 1.15 bits per heavy atom. The zero-order valence-corrected chi connectivity index (χ0v) is 10.4. The topological polar surface area (TPSA) is 86.3 Å². The molecule has 0 aromatic heterocycles. The van der Waals surface area contributed by atoms with Crippen molar-refractivity contribution in [3.8, 4) is 0 Å². The first kappa shape index (κ1) is 13.4. The highest BCUT2D eigenvalue weighted by Gasteiger charge is 2.21. The summed E-state index contributed by atoms with van der Waals surface area (Å²) < 4.78 is 0. The fourth-order valence-electron chi connectivity index (χ4n) is 1.92. The molecule has 0 heterocycles. The summed E-state index contributed by atoms with van der Waals surface area (Å²) in [6.45, 7) is 3.77. The van der Waals surface area contributed by atoms with E-state index in [0.29, 0.717) is 0 Å². The molecule has 0 unspecified atom stereocenters. The Hall–Kier alpha value is -3.02. The number of nitrogens with zero attached hydrogens (tertiary/aromatic N) is 2. The highest BCUT2D eigenvalue weighted by atomic mass is 16.6. The Labute approximate surface area is 114 Å². The van der Waals surface area contributed by atoms with Crippen LogP contribution in [0.5, 0.6) is 0 Å². The summed E-state index contributed by atoms with van der Waals surface area (Å²) in [6.07, 6.45) is 0. The number of hydrogen-bond donors (Lipinski definition) is 0. The molecule has 0 atom stereocenters. The number of nitro benzene ring substituents is 2. The van der Waals surface area contributed by atoms with Crippen LogP contribution in [0.4, 0.5) is 11.4 Å². The summed E-state index contributed by atoms with van der Waals surface area (Å²) >= 11 is 0. The van der Waals surface area contributed by atoms with Crippen LogP contribution in [-0.4, -0.2) is 9.85 Å². The molecule has 0 aliphatic heterocycles. The smallest absolute Gasteiger partial charge is 0.258 e. The summed E-state index contributed by atoms with van der Waals surface area (Å²) in [5.41, 5.74) is 0.537. The van der Waals surface area contributed by atoms with Gasteiger partial charge in [0.1, 0.15) is 0 Å². The normalized spacial score (nSPS) is 10.0. The third-order valence-electron chi connectivity index (χ3n) is 2.85. The second-order valence-corrected chi connectivity index (χ2v) is 4.03. The summed E-state index contributed by atoms with van der Waals surface area (Å²) in [4.78, 5) is 20.9. The van der Waals surface area contributed by atoms with E-state index in [-0.39, 0.29) is 28.1 Å². The van der Waals surface area contributed by atoms with Crippen LogP contribution in [0.25, 0.3) is 5.57 Å². The Kier molecular flexibility index (Phi) is 3.56. The minimum absolute atomic E-state index is 0.129. The van der Waals surface area contributed by atoms with Crippen LogP contribution >= 0.6 is 0 Å². The summed E-state index contributed by atoms with van der Waals surface area (Å²) in [7, 11) is 0. The third-order valence-corrected chi connectivity index (χ3v) is 2.85. The zero-order valence-electron chi connectivity index (χ0n) is 10.4. The van der Waals surface area contributed by atoms with Crippen molar-refractivity contribution in [1.29, 1.82) is 0 Å². The molecule has 2 aromatic carbocycles. The lowest BCUT2D eigenvalue weighted by Crippen LogP contribution is -1.98. The molecule has 0 aliphatic carbocycles. The van der Waals surface area contributed by atoms with Crippen LogP contribution in [0.1, 0.15) is 11.1 Å². The van der Waals surface area contributed by atoms with Gasteiger partial charge in [0.15, 0.2) is 0 Å². The first-order valence-electron chi connectivity index (χ1n) is 5.69. The van der Waals surface area contributed by atoms with Gasteiger partial charge in [-0.2, -0.15) is 0 Å². The van der Waals surface area contributed by atoms with Crippen molar-refractivity contribution in [2.75, 3.05) is 0 Å². The summed E-state index contributed by atoms with van der Waals surface area (Å²) in [5.74, 6) is 0. The van der Waals surface area contributed by atoms with E-state index in [1.807, 2.05) is 0 Å². The Morgan fingerprint density at radius 3 is 1.50 bits per heavy atom. The maximum atomic E-state index is 11.0. The number of para-hydroxylation sites is 2. The standard InChI is InChI=1S/C14H10N2O4/c1-10(11-6-2-4-8-13(11)15(17)18)12-7-3-5-9-14(12)16(19)20/h2-9H,1H2. The van der Waals surface area contributed by atoms with Gasteiger partial charge >= 0.3 is 0 Å². The van der Waals surface area contributed by atoms with Gasteiger partial charge in [0.25, 0.3) is 11.4 Å². The molecule has 0 bridgehead atoms. The number of nitro groups is 2. The van der Waals surface area contributed by atoms with E-state index in [1.54, 1.807) is 12.1 Å². The van der Waals surface area contributed by atoms with Crippen molar-refractivity contribution in [2.24, 2.45) is 0 Å². The quantitative estimate of drug-likeness (QED) is 0.627. The van der Waals surface area contributed by atoms with Crippen LogP contribution in [0.3, 0.4) is 0 Å². The lowest BCUT2D eigenvalue weighted by Gasteiger charge is -2.07. The van der Waals surface area contributed by atoms with Gasteiger partial charge < -0.3 is 0 Å². The van der Waals surface area contributed by atoms with Gasteiger partial charge in [0.05, 0.1) is 21.0 Å². The monoisotopic (exact) mass is 270 g/mol. The molecule has 0 N–H and O–H groups in total. The van der Waals surface area contributed by atoms with Crippen molar-refractivity contribution in [2.45, 2.75) is 0 Å². The summed E-state index contributed by atoms with van der Waals surface area (Å²) in [6, 6.07) is 12.1. The van der Waals surface area contributed by atoms with Gasteiger partial charge in [-0.15, -0.1) is 0 Å². The molecule has 6 nitrogen and oxygen atoms in total. The summed E-state index contributed by atoms with van der Waals surface area (Å²) in [5, 5.41) is 22.0. The average Bonchev–Trinajstić information content (AvgIpc) is 2.46. The Bertz CT molecular complexity index is 650. The van der Waals surface area contributed by atoms with E-state index in [4.69, 9.17) is 0 Å². The number of hydrogen-bond acceptors (Lipinski definition) is 4. The molecule has 0 saturated carbocycles. The van der Waals surface area contributed by atoms with Crippen LogP contribution in [0, 0.1) is 20.2 Å². The minimum atomic E-state index is -0.532. The second kappa shape index (κ2) is 5.31. The number of benzene rings is 2. The fraction of sp³-hybridized carbons (Fsp3) is 0. The van der Waals surface area contributed by atoms with Gasteiger partial charge in [0, 0.05) is 12.1 Å². The van der Waals surface area contributed by atoms with E-state index in [0.717, 1.165) is 0 Å². The molecule has 0 aliphatic rings. The zero-order chi connectivity index (χ0) is 14.7. The van der Waals surface area contributed by atoms with E-state index in [9.17, 15) is 20.2 Å². The SMILES string of the molecule is C=C(c1ccccc1[N+](=O)[O-])c1ccccc1[N+](=O)[O-]. The first-order chi connectivity index (χ1) is 9.52. The molecular weight excluding hydrogens is 260 g/mol. The molecule has 2 aromatic rings. The van der Waals surface area contributed by atoms with E-state index >= 15 is 0 Å². The van der Waals surface area contributed by atoms with Crippen molar-refractivity contribution in [1.82, 2.24) is 0 Å². The van der Waals surface area contributed by atoms with Crippen molar-refractivity contribution >= 4 is 16.9 Å². The second-order valence-electron chi connectivity index (χ2n) is 4.03. The first-order valence-corrected chi connectivity index (χ1v) is 5.69. The molecule has 0 saturated heterocycles. The van der Waals surface area contributed by atoms with E-state index in [2.05, 4.69) is 6.58 Å². The predicted octanol–water partition coefficient (Wildman–Crippen LogP) is 3.56. The van der Waals surface area contributed by atoms with E-state index in [1.165, 1.54) is 36.4 Å². The Balaban J connectivity index is 2.59. The highest BCUT2D eigenvalue weighted by Crippen LogP contribution is 2.33. The lowest BCUT2D eigenvalue weighted by molar-refractivity contribution is -0.385. The van der Waals surface area contributed by atoms with Crippen molar-refractivity contribution in [3.63, 3.8) is 0 Å². The van der Waals surface area contributed by atoms with Crippen LogP contribution in [0.2, 0.25) is 0 Å². The number of rotatable bonds is 4. The highest BCUT2D eigenvalue weighted by molar-refractivity contribution is 5.86. The molecule has 0 amide bonds. The van der Waals surface area contributed by atoms with Crippen LogP contribution in [0.15, 0.2) is 55.1 Å². The van der Waals surface area contributed by atoms with Gasteiger partial charge in [-0.3, -0.25) is 20.2 Å². The van der Waals surface area contributed by atoms with Crippen molar-refractivity contribution < 1.29 is 9.85 Å². The molecule has 100 valence electrons. The minimum Gasteiger partial charge on any atom is -0.258 e. The van der Waals surface area contributed by atoms with Crippen LogP contribution in [-0.2, 0) is 0 Å². The lowest BCUT2D eigenvalue weighted by atomic mass is 9.97. The molecular formula is C14H10N2O4. The maximum Gasteiger partial charge on any atom is 0.277 e. The predicted molar refractivity (Wildman–Crippen MR) is 74.3 cm³/mol. The Morgan fingerprint density at radius 1 is 0.800 bits per heavy atom. The van der Waals surface area contributed by atoms with E-state index < -0.39 is 9.85 Å². The van der Waals surface area contributed by atoms with Gasteiger partial charge in [-0.25, -0.2) is 0 Å².